The summed E-state index contributed by atoms with van der Waals surface area (Å²) >= 11 is 5.91. The Labute approximate surface area is 169 Å². The van der Waals surface area contributed by atoms with Crippen LogP contribution in [0.2, 0.25) is 5.02 Å². The molecule has 1 unspecified atom stereocenters. The van der Waals surface area contributed by atoms with Gasteiger partial charge in [-0.15, -0.1) is 5.10 Å². The molecular weight excluding hydrogens is 376 g/mol. The van der Waals surface area contributed by atoms with Gasteiger partial charge in [-0.3, -0.25) is 4.79 Å². The van der Waals surface area contributed by atoms with E-state index in [1.54, 1.807) is 23.7 Å². The summed E-state index contributed by atoms with van der Waals surface area (Å²) in [6, 6.07) is 17.3. The van der Waals surface area contributed by atoms with Crippen LogP contribution >= 0.6 is 11.6 Å². The van der Waals surface area contributed by atoms with Crippen molar-refractivity contribution in [2.75, 3.05) is 13.2 Å². The number of benzene rings is 2. The highest BCUT2D eigenvalue weighted by Gasteiger charge is 2.15. The summed E-state index contributed by atoms with van der Waals surface area (Å²) in [6.45, 7) is 4.87. The van der Waals surface area contributed by atoms with Crippen LogP contribution in [-0.2, 0) is 4.74 Å². The number of amides is 1. The first kappa shape index (κ1) is 20.0. The van der Waals surface area contributed by atoms with Gasteiger partial charge < -0.3 is 10.1 Å². The van der Waals surface area contributed by atoms with Crippen molar-refractivity contribution in [3.05, 3.63) is 76.8 Å². The zero-order valence-corrected chi connectivity index (χ0v) is 16.7. The molecular formula is C21H23ClN4O2. The van der Waals surface area contributed by atoms with Gasteiger partial charge in [-0.2, -0.15) is 0 Å². The van der Waals surface area contributed by atoms with Crippen LogP contribution in [0.1, 0.15) is 41.5 Å². The Kier molecular flexibility index (Phi) is 6.79. The van der Waals surface area contributed by atoms with E-state index in [1.165, 1.54) is 0 Å². The predicted octanol–water partition coefficient (Wildman–Crippen LogP) is 4.13. The molecule has 1 aromatic heterocycles. The number of aromatic nitrogens is 3. The van der Waals surface area contributed by atoms with E-state index in [2.05, 4.69) is 15.4 Å². The Bertz CT molecular complexity index is 910. The second kappa shape index (κ2) is 9.48. The molecule has 0 aliphatic carbocycles. The minimum absolute atomic E-state index is 0.0243. The fourth-order valence-corrected chi connectivity index (χ4v) is 2.87. The highest BCUT2D eigenvalue weighted by atomic mass is 35.5. The quantitative estimate of drug-likeness (QED) is 0.579. The van der Waals surface area contributed by atoms with Crippen molar-refractivity contribution >= 4 is 17.5 Å². The van der Waals surface area contributed by atoms with Crippen LogP contribution < -0.4 is 5.32 Å². The van der Waals surface area contributed by atoms with Gasteiger partial charge in [-0.1, -0.05) is 41.9 Å². The Morgan fingerprint density at radius 2 is 1.89 bits per heavy atom. The van der Waals surface area contributed by atoms with E-state index < -0.39 is 0 Å². The van der Waals surface area contributed by atoms with Crippen molar-refractivity contribution in [1.29, 1.82) is 0 Å². The highest BCUT2D eigenvalue weighted by molar-refractivity contribution is 6.30. The standard InChI is InChI=1S/C21H23ClN4O2/c1-15(17-7-4-3-5-8-17)28-14-6-13-23-21(27)20-24-16(2)26(25-20)19-11-9-18(22)10-12-19/h3-5,7-12,15H,6,13-14H2,1-2H3,(H,23,27). The van der Waals surface area contributed by atoms with Gasteiger partial charge in [0.1, 0.15) is 5.82 Å². The SMILES string of the molecule is Cc1nc(C(=O)NCCCOC(C)c2ccccc2)nn1-c1ccc(Cl)cc1. The summed E-state index contributed by atoms with van der Waals surface area (Å²) in [4.78, 5) is 16.6. The molecule has 0 radical (unpaired) electrons. The molecule has 1 N–H and O–H groups in total. The topological polar surface area (TPSA) is 69.0 Å². The van der Waals surface area contributed by atoms with E-state index in [0.29, 0.717) is 30.4 Å². The van der Waals surface area contributed by atoms with Crippen LogP contribution in [0.25, 0.3) is 5.69 Å². The number of ether oxygens (including phenoxy) is 1. The van der Waals surface area contributed by atoms with Crippen LogP contribution in [0.4, 0.5) is 0 Å². The first-order chi connectivity index (χ1) is 13.5. The lowest BCUT2D eigenvalue weighted by molar-refractivity contribution is 0.0634. The number of nitrogens with one attached hydrogen (secondary N) is 1. The molecule has 6 nitrogen and oxygen atoms in total. The van der Waals surface area contributed by atoms with Gasteiger partial charge in [-0.25, -0.2) is 9.67 Å². The maximum atomic E-state index is 12.3. The van der Waals surface area contributed by atoms with Crippen molar-refractivity contribution in [3.8, 4) is 5.69 Å². The second-order valence-electron chi connectivity index (χ2n) is 6.40. The first-order valence-corrected chi connectivity index (χ1v) is 9.57. The summed E-state index contributed by atoms with van der Waals surface area (Å²) in [6.07, 6.45) is 0.732. The third kappa shape index (κ3) is 5.18. The molecule has 0 saturated carbocycles. The van der Waals surface area contributed by atoms with E-state index in [-0.39, 0.29) is 17.8 Å². The fraction of sp³-hybridized carbons (Fsp3) is 0.286. The molecule has 28 heavy (non-hydrogen) atoms. The van der Waals surface area contributed by atoms with E-state index in [1.807, 2.05) is 49.4 Å². The normalized spacial score (nSPS) is 12.0. The van der Waals surface area contributed by atoms with Gasteiger partial charge in [0.05, 0.1) is 11.8 Å². The number of hydrogen-bond donors (Lipinski definition) is 1. The van der Waals surface area contributed by atoms with E-state index in [0.717, 1.165) is 11.3 Å². The summed E-state index contributed by atoms with van der Waals surface area (Å²) < 4.78 is 7.43. The van der Waals surface area contributed by atoms with Crippen molar-refractivity contribution in [3.63, 3.8) is 0 Å². The Hall–Kier alpha value is -2.70. The lowest BCUT2D eigenvalue weighted by atomic mass is 10.1. The fourth-order valence-electron chi connectivity index (χ4n) is 2.75. The molecule has 0 bridgehead atoms. The molecule has 0 spiro atoms. The number of aryl methyl sites for hydroxylation is 1. The lowest BCUT2D eigenvalue weighted by Gasteiger charge is -2.13. The van der Waals surface area contributed by atoms with Gasteiger partial charge >= 0.3 is 0 Å². The summed E-state index contributed by atoms with van der Waals surface area (Å²) in [7, 11) is 0. The largest absolute Gasteiger partial charge is 0.374 e. The molecule has 7 heteroatoms. The number of nitrogens with zero attached hydrogens (tertiary/aromatic N) is 3. The third-order valence-corrected chi connectivity index (χ3v) is 4.54. The maximum Gasteiger partial charge on any atom is 0.290 e. The van der Waals surface area contributed by atoms with Gasteiger partial charge in [0.2, 0.25) is 5.82 Å². The zero-order valence-electron chi connectivity index (χ0n) is 15.9. The Morgan fingerprint density at radius 3 is 2.61 bits per heavy atom. The van der Waals surface area contributed by atoms with Crippen LogP contribution in [0.15, 0.2) is 54.6 Å². The van der Waals surface area contributed by atoms with Crippen LogP contribution in [0.3, 0.4) is 0 Å². The van der Waals surface area contributed by atoms with Crippen LogP contribution in [-0.4, -0.2) is 33.8 Å². The van der Waals surface area contributed by atoms with Gasteiger partial charge in [0.15, 0.2) is 0 Å². The van der Waals surface area contributed by atoms with E-state index >= 15 is 0 Å². The van der Waals surface area contributed by atoms with Gasteiger partial charge in [0, 0.05) is 18.2 Å². The van der Waals surface area contributed by atoms with Crippen molar-refractivity contribution < 1.29 is 9.53 Å². The molecule has 3 aromatic rings. The molecule has 1 atom stereocenters. The number of carbonyl (C=O) groups is 1. The third-order valence-electron chi connectivity index (χ3n) is 4.29. The number of carbonyl (C=O) groups excluding carboxylic acids is 1. The van der Waals surface area contributed by atoms with Crippen molar-refractivity contribution in [2.24, 2.45) is 0 Å². The minimum Gasteiger partial charge on any atom is -0.374 e. The van der Waals surface area contributed by atoms with E-state index in [9.17, 15) is 4.79 Å². The predicted molar refractivity (Wildman–Crippen MR) is 109 cm³/mol. The Morgan fingerprint density at radius 1 is 1.18 bits per heavy atom. The monoisotopic (exact) mass is 398 g/mol. The summed E-state index contributed by atoms with van der Waals surface area (Å²) in [5.41, 5.74) is 1.94. The summed E-state index contributed by atoms with van der Waals surface area (Å²) in [5, 5.41) is 7.77. The molecule has 146 valence electrons. The smallest absolute Gasteiger partial charge is 0.290 e. The van der Waals surface area contributed by atoms with E-state index in [4.69, 9.17) is 16.3 Å². The van der Waals surface area contributed by atoms with Gasteiger partial charge in [-0.05, 0) is 50.1 Å². The second-order valence-corrected chi connectivity index (χ2v) is 6.84. The molecule has 3 rings (SSSR count). The van der Waals surface area contributed by atoms with Crippen molar-refractivity contribution in [1.82, 2.24) is 20.1 Å². The lowest BCUT2D eigenvalue weighted by Crippen LogP contribution is -2.26. The molecule has 1 amide bonds. The highest BCUT2D eigenvalue weighted by Crippen LogP contribution is 2.16. The molecule has 2 aromatic carbocycles. The first-order valence-electron chi connectivity index (χ1n) is 9.19. The zero-order chi connectivity index (χ0) is 19.9. The van der Waals surface area contributed by atoms with Crippen LogP contribution in [0, 0.1) is 6.92 Å². The molecule has 0 fully saturated rings. The molecule has 0 saturated heterocycles. The van der Waals surface area contributed by atoms with Crippen molar-refractivity contribution in [2.45, 2.75) is 26.4 Å². The number of halogens is 1. The molecule has 1 heterocycles. The van der Waals surface area contributed by atoms with Gasteiger partial charge in [0.25, 0.3) is 5.91 Å². The Balaban J connectivity index is 1.46. The van der Waals surface area contributed by atoms with Crippen LogP contribution in [0.5, 0.6) is 0 Å². The molecule has 0 aliphatic rings. The molecule has 0 aliphatic heterocycles. The average Bonchev–Trinajstić information content (AvgIpc) is 3.10. The average molecular weight is 399 g/mol. The number of hydrogen-bond acceptors (Lipinski definition) is 4. The maximum absolute atomic E-state index is 12.3. The minimum atomic E-state index is -0.299. The summed E-state index contributed by atoms with van der Waals surface area (Å²) in [5.74, 6) is 0.477. The number of rotatable bonds is 8.